The van der Waals surface area contributed by atoms with Crippen LogP contribution in [0.5, 0.6) is 0 Å². The fourth-order valence-electron chi connectivity index (χ4n) is 0.898. The topological polar surface area (TPSA) is 0 Å². The second kappa shape index (κ2) is 9.49. The molecule has 1 fully saturated rings. The van der Waals surface area contributed by atoms with E-state index >= 15 is 0 Å². The monoisotopic (exact) mass is 269 g/mol. The molecule has 0 amide bonds. The first-order chi connectivity index (χ1) is 4.41. The van der Waals surface area contributed by atoms with E-state index in [2.05, 4.69) is 34.5 Å². The summed E-state index contributed by atoms with van der Waals surface area (Å²) in [5.41, 5.74) is 0. The van der Waals surface area contributed by atoms with Crippen LogP contribution in [0.1, 0.15) is 32.1 Å². The minimum absolute atomic E-state index is 0.0417. The van der Waals surface area contributed by atoms with E-state index in [1.165, 1.54) is 32.1 Å². The van der Waals surface area contributed by atoms with Crippen LogP contribution in [0, 0.1) is 6.42 Å². The maximum absolute atomic E-state index is 3.20. The molecule has 0 aromatic heterocycles. The van der Waals surface area contributed by atoms with E-state index in [-0.39, 0.29) is 11.6 Å². The average Bonchev–Trinajstić information content (AvgIpc) is 1.93. The highest BCUT2D eigenvalue weighted by Gasteiger charge is 1.95. The molecule has 0 heterocycles. The molecule has 1 rings (SSSR count). The minimum atomic E-state index is 0.0417. The Hall–Kier alpha value is 1.49. The molecular weight excluding hydrogens is 259 g/mol. The molecule has 1 aliphatic carbocycles. The molecule has 0 N–H and O–H groups in total. The van der Waals surface area contributed by atoms with Crippen molar-refractivity contribution < 1.29 is 0 Å². The van der Waals surface area contributed by atoms with Gasteiger partial charge in [-0.3, -0.25) is 0 Å². The summed E-state index contributed by atoms with van der Waals surface area (Å²) in [5.74, 6) is 0. The maximum Gasteiger partial charge on any atom is 0.435 e. The first kappa shape index (κ1) is 10.5. The Balaban J connectivity index is 0.000000187. The zero-order chi connectivity index (χ0) is 6.95. The van der Waals surface area contributed by atoms with E-state index in [9.17, 15) is 0 Å². The molecule has 0 spiro atoms. The highest BCUT2D eigenvalue weighted by molar-refractivity contribution is 9.47. The SMILES string of the molecule is [Br][AlH][Br].[CH]1CCCCC1. The summed E-state index contributed by atoms with van der Waals surface area (Å²) >= 11 is 6.44. The lowest BCUT2D eigenvalue weighted by atomic mass is 10.0. The van der Waals surface area contributed by atoms with Gasteiger partial charge in [0.25, 0.3) is 0 Å². The fourth-order valence-corrected chi connectivity index (χ4v) is 0.898. The van der Waals surface area contributed by atoms with Crippen LogP contribution in [0.25, 0.3) is 0 Å². The van der Waals surface area contributed by atoms with Crippen molar-refractivity contribution in [3.05, 3.63) is 6.42 Å². The van der Waals surface area contributed by atoms with Gasteiger partial charge < -0.3 is 0 Å². The molecule has 0 aromatic rings. The molecule has 0 bridgehead atoms. The zero-order valence-corrected chi connectivity index (χ0v) is 10.2. The largest absolute Gasteiger partial charge is 0.435 e. The van der Waals surface area contributed by atoms with Crippen LogP contribution in [0.2, 0.25) is 0 Å². The summed E-state index contributed by atoms with van der Waals surface area (Å²) in [5, 5.41) is 0. The average molecular weight is 271 g/mol. The molecule has 0 nitrogen and oxygen atoms in total. The van der Waals surface area contributed by atoms with Gasteiger partial charge in [-0.1, -0.05) is 32.1 Å². The first-order valence-corrected chi connectivity index (χ1v) is 11.1. The van der Waals surface area contributed by atoms with Crippen molar-refractivity contribution in [3.8, 4) is 0 Å². The van der Waals surface area contributed by atoms with Gasteiger partial charge >= 0.3 is 11.6 Å². The molecule has 1 aliphatic rings. The van der Waals surface area contributed by atoms with Crippen LogP contribution in [0.4, 0.5) is 0 Å². The molecule has 1 saturated carbocycles. The van der Waals surface area contributed by atoms with Crippen LogP contribution < -0.4 is 0 Å². The van der Waals surface area contributed by atoms with Gasteiger partial charge in [-0.15, -0.1) is 0 Å². The quantitative estimate of drug-likeness (QED) is 0.593. The second-order valence-corrected chi connectivity index (χ2v) is 10.1. The number of hydrogen-bond donors (Lipinski definition) is 0. The smallest absolute Gasteiger partial charge is 0.203 e. The third-order valence-electron chi connectivity index (χ3n) is 1.32. The van der Waals surface area contributed by atoms with Crippen molar-refractivity contribution in [3.63, 3.8) is 0 Å². The third-order valence-corrected chi connectivity index (χ3v) is 1.32. The summed E-state index contributed by atoms with van der Waals surface area (Å²) in [6, 6.07) is 0. The molecule has 1 radical (unpaired) electrons. The summed E-state index contributed by atoms with van der Waals surface area (Å²) < 4.78 is 0. The van der Waals surface area contributed by atoms with E-state index in [4.69, 9.17) is 0 Å². The third kappa shape index (κ3) is 9.49. The molecular formula is C6H12AlBr2. The van der Waals surface area contributed by atoms with Gasteiger partial charge in [0.15, 0.2) is 0 Å². The molecule has 0 unspecified atom stereocenters. The molecule has 9 heavy (non-hydrogen) atoms. The Bertz CT molecular complexity index is 34.8. The lowest BCUT2D eigenvalue weighted by molar-refractivity contribution is 0.593. The Morgan fingerprint density at radius 2 is 1.44 bits per heavy atom. The van der Waals surface area contributed by atoms with E-state index in [0.29, 0.717) is 0 Å². The summed E-state index contributed by atoms with van der Waals surface area (Å²) in [4.78, 5) is 0. The molecule has 0 aromatic carbocycles. The van der Waals surface area contributed by atoms with Crippen LogP contribution in [0.3, 0.4) is 0 Å². The highest BCUT2D eigenvalue weighted by atomic mass is 79.9. The predicted molar refractivity (Wildman–Crippen MR) is 52.4 cm³/mol. The molecule has 0 aliphatic heterocycles. The lowest BCUT2D eigenvalue weighted by Crippen LogP contribution is -1.87. The summed E-state index contributed by atoms with van der Waals surface area (Å²) in [7, 11) is 0. The van der Waals surface area contributed by atoms with Gasteiger partial charge in [0, 0.05) is 0 Å². The van der Waals surface area contributed by atoms with Crippen LogP contribution in [-0.4, -0.2) is 11.6 Å². The van der Waals surface area contributed by atoms with Gasteiger partial charge in [0.05, 0.1) is 0 Å². The highest BCUT2D eigenvalue weighted by Crippen LogP contribution is 2.14. The Labute approximate surface area is 77.8 Å². The number of rotatable bonds is 0. The van der Waals surface area contributed by atoms with Crippen molar-refractivity contribution in [1.29, 1.82) is 0 Å². The van der Waals surface area contributed by atoms with E-state index in [1.807, 2.05) is 0 Å². The van der Waals surface area contributed by atoms with Crippen LogP contribution >= 0.6 is 28.1 Å². The van der Waals surface area contributed by atoms with Crippen molar-refractivity contribution in [2.75, 3.05) is 0 Å². The van der Waals surface area contributed by atoms with E-state index in [1.54, 1.807) is 0 Å². The fraction of sp³-hybridized carbons (Fsp3) is 0.833. The van der Waals surface area contributed by atoms with Crippen molar-refractivity contribution in [2.45, 2.75) is 32.1 Å². The summed E-state index contributed by atoms with van der Waals surface area (Å²) in [6.45, 7) is 0. The normalized spacial score (nSPS) is 17.6. The van der Waals surface area contributed by atoms with Crippen molar-refractivity contribution in [1.82, 2.24) is 0 Å². The zero-order valence-electron chi connectivity index (χ0n) is 5.58. The Kier molecular flexibility index (Phi) is 11.1. The number of halogens is 2. The summed E-state index contributed by atoms with van der Waals surface area (Å²) in [6.07, 6.45) is 9.50. The van der Waals surface area contributed by atoms with Gasteiger partial charge in [0.1, 0.15) is 0 Å². The minimum Gasteiger partial charge on any atom is -0.203 e. The second-order valence-electron chi connectivity index (χ2n) is 2.03. The lowest BCUT2D eigenvalue weighted by Gasteiger charge is -2.05. The van der Waals surface area contributed by atoms with Gasteiger partial charge in [-0.05, 0) is 6.42 Å². The van der Waals surface area contributed by atoms with Gasteiger partial charge in [0.2, 0.25) is 0 Å². The van der Waals surface area contributed by atoms with Crippen molar-refractivity contribution >= 4 is 39.7 Å². The maximum atomic E-state index is 3.20. The standard InChI is InChI=1S/C6H11.Al.2BrH.H/c1-2-4-6-5-3-1;;;;/h1H,2-6H2;;2*1H;/q;+2;;;/p-2. The number of hydrogen-bond acceptors (Lipinski definition) is 0. The molecule has 3 heteroatoms. The van der Waals surface area contributed by atoms with E-state index in [0.717, 1.165) is 0 Å². The molecule has 0 atom stereocenters. The molecule has 0 saturated heterocycles. The predicted octanol–water partition coefficient (Wildman–Crippen LogP) is 3.20. The van der Waals surface area contributed by atoms with E-state index < -0.39 is 0 Å². The van der Waals surface area contributed by atoms with Crippen LogP contribution in [-0.2, 0) is 0 Å². The Morgan fingerprint density at radius 1 is 1.00 bits per heavy atom. The first-order valence-electron chi connectivity index (χ1n) is 3.35. The van der Waals surface area contributed by atoms with Crippen molar-refractivity contribution in [2.24, 2.45) is 0 Å². The van der Waals surface area contributed by atoms with Crippen LogP contribution in [0.15, 0.2) is 0 Å². The van der Waals surface area contributed by atoms with Gasteiger partial charge in [-0.25, -0.2) is 28.1 Å². The van der Waals surface area contributed by atoms with Gasteiger partial charge in [-0.2, -0.15) is 0 Å². The molecule has 53 valence electrons. The Morgan fingerprint density at radius 3 is 1.56 bits per heavy atom.